The number of carbonyl (C=O) groups excluding carboxylic acids is 1. The summed E-state index contributed by atoms with van der Waals surface area (Å²) in [6.07, 6.45) is 0.502. The Morgan fingerprint density at radius 1 is 1.10 bits per heavy atom. The fourth-order valence-electron chi connectivity index (χ4n) is 4.09. The molecule has 2 aromatic heterocycles. The van der Waals surface area contributed by atoms with Gasteiger partial charge in [0.05, 0.1) is 46.3 Å². The monoisotopic (exact) mass is 579 g/mol. The topological polar surface area (TPSA) is 105 Å². The van der Waals surface area contributed by atoms with Crippen molar-refractivity contribution in [3.8, 4) is 23.1 Å². The molecule has 5 aromatic rings. The number of rotatable bonds is 8. The van der Waals surface area contributed by atoms with Crippen LogP contribution < -0.4 is 15.0 Å². The van der Waals surface area contributed by atoms with Crippen molar-refractivity contribution >= 4 is 57.3 Å². The maximum absolute atomic E-state index is 13.5. The first kappa shape index (κ1) is 27.2. The zero-order valence-electron chi connectivity index (χ0n) is 21.7. The summed E-state index contributed by atoms with van der Waals surface area (Å²) in [6.45, 7) is 3.45. The van der Waals surface area contributed by atoms with Crippen LogP contribution in [-0.2, 0) is 9.53 Å². The minimum Gasteiger partial charge on any atom is -0.496 e. The van der Waals surface area contributed by atoms with Gasteiger partial charge in [-0.25, -0.2) is 9.78 Å². The lowest BCUT2D eigenvalue weighted by atomic mass is 10.2. The Morgan fingerprint density at radius 3 is 2.58 bits per heavy atom. The molecule has 0 N–H and O–H groups in total. The van der Waals surface area contributed by atoms with Gasteiger partial charge in [-0.3, -0.25) is 4.79 Å². The van der Waals surface area contributed by atoms with E-state index in [2.05, 4.69) is 10.1 Å². The molecule has 2 heterocycles. The Balaban J connectivity index is 1.57. The molecule has 0 unspecified atom stereocenters. The van der Waals surface area contributed by atoms with Crippen molar-refractivity contribution in [2.24, 2.45) is 5.10 Å². The third kappa shape index (κ3) is 5.25. The number of ether oxygens (including phenoxy) is 3. The number of hydrogen-bond acceptors (Lipinski definition) is 8. The van der Waals surface area contributed by atoms with Gasteiger partial charge in [-0.15, -0.1) is 0 Å². The molecule has 9 nitrogen and oxygen atoms in total. The number of methoxy groups -OCH3 is 1. The summed E-state index contributed by atoms with van der Waals surface area (Å²) in [5.74, 6) is 0.724. The number of fused-ring (bicyclic) bond motifs is 2. The number of esters is 1. The van der Waals surface area contributed by atoms with Crippen LogP contribution in [0.15, 0.2) is 75.0 Å². The molecule has 0 fully saturated rings. The molecule has 0 aliphatic carbocycles. The van der Waals surface area contributed by atoms with Gasteiger partial charge in [0.15, 0.2) is 17.6 Å². The van der Waals surface area contributed by atoms with Gasteiger partial charge in [0.2, 0.25) is 5.82 Å². The number of furan rings is 1. The highest BCUT2D eigenvalue weighted by molar-refractivity contribution is 6.37. The first-order chi connectivity index (χ1) is 19.3. The summed E-state index contributed by atoms with van der Waals surface area (Å²) in [4.78, 5) is 30.2. The minimum atomic E-state index is -0.915. The Kier molecular flexibility index (Phi) is 7.77. The molecule has 0 saturated heterocycles. The van der Waals surface area contributed by atoms with E-state index in [1.807, 2.05) is 12.1 Å². The lowest BCUT2D eigenvalue weighted by molar-refractivity contribution is -0.150. The van der Waals surface area contributed by atoms with Crippen molar-refractivity contribution in [1.29, 1.82) is 0 Å². The molecule has 0 spiro atoms. The Morgan fingerprint density at radius 2 is 1.85 bits per heavy atom. The van der Waals surface area contributed by atoms with Crippen LogP contribution in [0.1, 0.15) is 19.4 Å². The van der Waals surface area contributed by atoms with E-state index in [4.69, 9.17) is 41.8 Å². The van der Waals surface area contributed by atoms with E-state index in [0.29, 0.717) is 33.6 Å². The van der Waals surface area contributed by atoms with Gasteiger partial charge in [-0.05, 0) is 61.9 Å². The third-order valence-electron chi connectivity index (χ3n) is 5.97. The highest BCUT2D eigenvalue weighted by Gasteiger charge is 2.20. The third-order valence-corrected chi connectivity index (χ3v) is 6.53. The largest absolute Gasteiger partial charge is 0.496 e. The highest BCUT2D eigenvalue weighted by Crippen LogP contribution is 2.35. The fraction of sp³-hybridized carbons (Fsp3) is 0.172. The van der Waals surface area contributed by atoms with Gasteiger partial charge in [0, 0.05) is 0 Å². The van der Waals surface area contributed by atoms with Crippen LogP contribution >= 0.6 is 23.2 Å². The molecule has 0 amide bonds. The maximum atomic E-state index is 13.5. The van der Waals surface area contributed by atoms with E-state index in [1.54, 1.807) is 62.6 Å². The second-order valence-corrected chi connectivity index (χ2v) is 9.44. The highest BCUT2D eigenvalue weighted by atomic mass is 35.5. The predicted molar refractivity (Wildman–Crippen MR) is 154 cm³/mol. The summed E-state index contributed by atoms with van der Waals surface area (Å²) in [5, 5.41) is 5.84. The first-order valence-corrected chi connectivity index (χ1v) is 13.0. The van der Waals surface area contributed by atoms with Gasteiger partial charge < -0.3 is 18.6 Å². The van der Waals surface area contributed by atoms with E-state index in [-0.39, 0.29) is 28.2 Å². The number of nitrogens with zero attached hydrogens (tertiary/aromatic N) is 3. The Hall–Kier alpha value is -4.34. The zero-order chi connectivity index (χ0) is 28.4. The van der Waals surface area contributed by atoms with E-state index >= 15 is 0 Å². The van der Waals surface area contributed by atoms with Crippen LogP contribution in [0, 0.1) is 0 Å². The van der Waals surface area contributed by atoms with Crippen LogP contribution in [0.5, 0.6) is 11.5 Å². The molecule has 0 aliphatic heterocycles. The summed E-state index contributed by atoms with van der Waals surface area (Å²) in [6, 6.07) is 17.2. The van der Waals surface area contributed by atoms with Crippen LogP contribution in [0.3, 0.4) is 0 Å². The van der Waals surface area contributed by atoms with Crippen molar-refractivity contribution in [1.82, 2.24) is 9.66 Å². The van der Waals surface area contributed by atoms with E-state index in [9.17, 15) is 9.59 Å². The number of carbonyl (C=O) groups is 1. The average Bonchev–Trinajstić information content (AvgIpc) is 3.39. The smallest absolute Gasteiger partial charge is 0.347 e. The Bertz CT molecular complexity index is 1810. The number of hydrogen-bond donors (Lipinski definition) is 0. The summed E-state index contributed by atoms with van der Waals surface area (Å²) in [7, 11) is 1.57. The summed E-state index contributed by atoms with van der Waals surface area (Å²) >= 11 is 12.8. The normalized spacial score (nSPS) is 12.2. The van der Waals surface area contributed by atoms with E-state index in [1.165, 1.54) is 13.1 Å². The molecule has 3 aromatic carbocycles. The number of aromatic nitrogens is 2. The molecule has 204 valence electrons. The summed E-state index contributed by atoms with van der Waals surface area (Å²) in [5.41, 5.74) is 1.14. The van der Waals surface area contributed by atoms with E-state index < -0.39 is 17.6 Å². The van der Waals surface area contributed by atoms with Crippen LogP contribution in [0.4, 0.5) is 0 Å². The molecular weight excluding hydrogens is 557 g/mol. The summed E-state index contributed by atoms with van der Waals surface area (Å²) < 4.78 is 23.2. The van der Waals surface area contributed by atoms with Crippen molar-refractivity contribution in [3.05, 3.63) is 86.6 Å². The van der Waals surface area contributed by atoms with Gasteiger partial charge in [0.1, 0.15) is 11.3 Å². The quantitative estimate of drug-likeness (QED) is 0.156. The number of para-hydroxylation sites is 1. The van der Waals surface area contributed by atoms with Crippen molar-refractivity contribution in [2.75, 3.05) is 13.7 Å². The lowest BCUT2D eigenvalue weighted by Crippen LogP contribution is -2.26. The van der Waals surface area contributed by atoms with Gasteiger partial charge in [-0.2, -0.15) is 9.78 Å². The van der Waals surface area contributed by atoms with Crippen LogP contribution in [0.2, 0.25) is 10.0 Å². The molecule has 0 saturated carbocycles. The van der Waals surface area contributed by atoms with Gasteiger partial charge >= 0.3 is 5.97 Å². The van der Waals surface area contributed by atoms with Gasteiger partial charge in [0.25, 0.3) is 5.56 Å². The van der Waals surface area contributed by atoms with Crippen molar-refractivity contribution in [3.63, 3.8) is 0 Å². The number of halogens is 2. The first-order valence-electron chi connectivity index (χ1n) is 12.3. The Labute approximate surface area is 238 Å². The molecule has 0 aliphatic rings. The van der Waals surface area contributed by atoms with Gasteiger partial charge in [-0.1, -0.05) is 41.4 Å². The molecule has 0 bridgehead atoms. The second-order valence-electron chi connectivity index (χ2n) is 8.62. The molecule has 5 rings (SSSR count). The minimum absolute atomic E-state index is 0.127. The maximum Gasteiger partial charge on any atom is 0.347 e. The molecule has 1 atom stereocenters. The lowest BCUT2D eigenvalue weighted by Gasteiger charge is -2.16. The van der Waals surface area contributed by atoms with Crippen LogP contribution in [-0.4, -0.2) is 41.7 Å². The second kappa shape index (κ2) is 11.4. The van der Waals surface area contributed by atoms with E-state index in [0.717, 1.165) is 10.1 Å². The standard InChI is InChI=1S/C29H23Cl2N3O6/c1-4-38-29(36)16(2)39-26-20(30)12-17(13-21(26)31)15-32-34-27(33-22-9-6-5-8-18(22)28(34)35)25-14-19-23(37-3)10-7-11-24(19)40-25/h5-16H,4H2,1-3H3/t16-/m0/s1. The van der Waals surface area contributed by atoms with Crippen LogP contribution in [0.25, 0.3) is 33.5 Å². The fourth-order valence-corrected chi connectivity index (χ4v) is 4.68. The predicted octanol–water partition coefficient (Wildman–Crippen LogP) is 6.34. The SMILES string of the molecule is CCOC(=O)[C@H](C)Oc1c(Cl)cc(C=Nn2c(-c3cc4c(OC)cccc4o3)nc3ccccc3c2=O)cc1Cl. The molecule has 0 radical (unpaired) electrons. The average molecular weight is 580 g/mol. The number of benzene rings is 3. The van der Waals surface area contributed by atoms with Crippen molar-refractivity contribution in [2.45, 2.75) is 20.0 Å². The van der Waals surface area contributed by atoms with Crippen molar-refractivity contribution < 1.29 is 23.4 Å². The zero-order valence-corrected chi connectivity index (χ0v) is 23.2. The molecule has 40 heavy (non-hydrogen) atoms. The molecule has 11 heteroatoms. The molecular formula is C29H23Cl2N3O6.